The van der Waals surface area contributed by atoms with E-state index in [0.717, 1.165) is 6.42 Å². The molecule has 2 aliphatic rings. The van der Waals surface area contributed by atoms with E-state index in [1.165, 1.54) is 0 Å². The normalized spacial score (nSPS) is 42.5. The van der Waals surface area contributed by atoms with E-state index in [1.807, 2.05) is 6.92 Å². The first kappa shape index (κ1) is 6.83. The van der Waals surface area contributed by atoms with Gasteiger partial charge in [-0.2, -0.15) is 0 Å². The summed E-state index contributed by atoms with van der Waals surface area (Å²) in [5.74, 6) is 0.265. The van der Waals surface area contributed by atoms with Gasteiger partial charge in [0.2, 0.25) is 5.91 Å². The summed E-state index contributed by atoms with van der Waals surface area (Å²) < 4.78 is 0. The monoisotopic (exact) mass is 153 g/mol. The summed E-state index contributed by atoms with van der Waals surface area (Å²) in [5.41, 5.74) is -0.211. The molecule has 0 aromatic heterocycles. The fourth-order valence-electron chi connectivity index (χ4n) is 2.15. The molecule has 1 heterocycles. The van der Waals surface area contributed by atoms with Crippen LogP contribution in [-0.4, -0.2) is 17.2 Å². The maximum atomic E-state index is 11.1. The smallest absolute Gasteiger partial charge is 0.224 e. The van der Waals surface area contributed by atoms with Crippen LogP contribution in [0.25, 0.3) is 0 Å². The zero-order chi connectivity index (χ0) is 8.06. The van der Waals surface area contributed by atoms with Crippen LogP contribution < -0.4 is 5.32 Å². The third-order valence-corrected chi connectivity index (χ3v) is 2.55. The molecule has 1 aliphatic heterocycles. The summed E-state index contributed by atoms with van der Waals surface area (Å²) in [6.07, 6.45) is 1.83. The zero-order valence-corrected chi connectivity index (χ0v) is 6.52. The fraction of sp³-hybridized carbons (Fsp3) is 0.750. The largest absolute Gasteiger partial charge is 0.350 e. The molecule has 1 saturated carbocycles. The van der Waals surface area contributed by atoms with Crippen LogP contribution in [0.5, 0.6) is 0 Å². The van der Waals surface area contributed by atoms with E-state index in [0.29, 0.717) is 12.8 Å². The van der Waals surface area contributed by atoms with Gasteiger partial charge in [0.1, 0.15) is 5.78 Å². The van der Waals surface area contributed by atoms with E-state index in [4.69, 9.17) is 0 Å². The maximum absolute atomic E-state index is 11.1. The lowest BCUT2D eigenvalue weighted by molar-refractivity contribution is -0.126. The highest BCUT2D eigenvalue weighted by Gasteiger charge is 2.46. The quantitative estimate of drug-likeness (QED) is 0.542. The van der Waals surface area contributed by atoms with Gasteiger partial charge in [0, 0.05) is 24.3 Å². The number of hydrogen-bond donors (Lipinski definition) is 1. The fourth-order valence-corrected chi connectivity index (χ4v) is 2.15. The van der Waals surface area contributed by atoms with Crippen LogP contribution in [0, 0.1) is 5.92 Å². The second-order valence-corrected chi connectivity index (χ2v) is 3.87. The van der Waals surface area contributed by atoms with Crippen molar-refractivity contribution in [2.24, 2.45) is 5.92 Å². The minimum absolute atomic E-state index is 0.0266. The van der Waals surface area contributed by atoms with Crippen molar-refractivity contribution in [1.82, 2.24) is 5.32 Å². The van der Waals surface area contributed by atoms with Crippen molar-refractivity contribution in [3.05, 3.63) is 0 Å². The summed E-state index contributed by atoms with van der Waals surface area (Å²) in [7, 11) is 0. The summed E-state index contributed by atoms with van der Waals surface area (Å²) >= 11 is 0. The molecule has 0 unspecified atom stereocenters. The minimum atomic E-state index is -0.211. The van der Waals surface area contributed by atoms with Crippen molar-refractivity contribution < 1.29 is 9.59 Å². The van der Waals surface area contributed by atoms with E-state index in [9.17, 15) is 9.59 Å². The molecule has 3 nitrogen and oxygen atoms in total. The van der Waals surface area contributed by atoms with Gasteiger partial charge in [0.05, 0.1) is 0 Å². The highest BCUT2D eigenvalue weighted by molar-refractivity contribution is 5.93. The molecule has 2 rings (SSSR count). The number of fused-ring (bicyclic) bond motifs is 2. The molecule has 1 aliphatic carbocycles. The Morgan fingerprint density at radius 3 is 2.91 bits per heavy atom. The Bertz CT molecular complexity index is 232. The van der Waals surface area contributed by atoms with Gasteiger partial charge in [-0.05, 0) is 13.3 Å². The van der Waals surface area contributed by atoms with Crippen LogP contribution in [0.1, 0.15) is 26.2 Å². The second kappa shape index (κ2) is 1.84. The van der Waals surface area contributed by atoms with Crippen molar-refractivity contribution in [2.45, 2.75) is 31.7 Å². The molecular formula is C8H11NO2. The van der Waals surface area contributed by atoms with Gasteiger partial charge in [0.25, 0.3) is 0 Å². The third kappa shape index (κ3) is 0.951. The standard InChI is InChI=1S/C8H11NO2/c1-8-3-5(7(11)9-8)2-6(10)4-8/h5H,2-4H2,1H3,(H,9,11)/t5-,8-/m1/s1. The van der Waals surface area contributed by atoms with E-state index in [2.05, 4.69) is 5.32 Å². The summed E-state index contributed by atoms with van der Waals surface area (Å²) in [5, 5.41) is 2.86. The molecule has 0 spiro atoms. The minimum Gasteiger partial charge on any atom is -0.350 e. The molecule has 60 valence electrons. The molecule has 1 N–H and O–H groups in total. The van der Waals surface area contributed by atoms with Gasteiger partial charge in [-0.15, -0.1) is 0 Å². The summed E-state index contributed by atoms with van der Waals surface area (Å²) in [4.78, 5) is 22.2. The molecule has 3 heteroatoms. The number of nitrogens with one attached hydrogen (secondary N) is 1. The predicted molar refractivity (Wildman–Crippen MR) is 38.9 cm³/mol. The van der Waals surface area contributed by atoms with Crippen molar-refractivity contribution in [3.63, 3.8) is 0 Å². The van der Waals surface area contributed by atoms with Gasteiger partial charge >= 0.3 is 0 Å². The van der Waals surface area contributed by atoms with Crippen molar-refractivity contribution >= 4 is 11.7 Å². The molecule has 0 aromatic carbocycles. The topological polar surface area (TPSA) is 46.2 Å². The molecule has 2 atom stereocenters. The van der Waals surface area contributed by atoms with Gasteiger partial charge in [-0.25, -0.2) is 0 Å². The highest BCUT2D eigenvalue weighted by Crippen LogP contribution is 2.35. The number of Topliss-reactive ketones (excluding diaryl/α,β-unsaturated/α-hetero) is 1. The Morgan fingerprint density at radius 1 is 1.55 bits per heavy atom. The summed E-state index contributed by atoms with van der Waals surface area (Å²) in [6.45, 7) is 1.95. The predicted octanol–water partition coefficient (Wildman–Crippen LogP) is 0.244. The average Bonchev–Trinajstić information content (AvgIpc) is 2.01. The number of carbonyl (C=O) groups is 2. The van der Waals surface area contributed by atoms with Gasteiger partial charge in [0.15, 0.2) is 0 Å². The van der Waals surface area contributed by atoms with Crippen LogP contribution >= 0.6 is 0 Å². The number of amides is 1. The second-order valence-electron chi connectivity index (χ2n) is 3.87. The SMILES string of the molecule is C[C@]12CC(=O)C[C@H](C1)C(=O)N2. The first-order chi connectivity index (χ1) is 5.09. The molecule has 1 amide bonds. The van der Waals surface area contributed by atoms with Crippen LogP contribution in [-0.2, 0) is 9.59 Å². The van der Waals surface area contributed by atoms with Gasteiger partial charge in [-0.3, -0.25) is 9.59 Å². The first-order valence-electron chi connectivity index (χ1n) is 3.93. The molecule has 11 heavy (non-hydrogen) atoms. The first-order valence-corrected chi connectivity index (χ1v) is 3.93. The molecule has 2 bridgehead atoms. The molecule has 1 saturated heterocycles. The number of carbonyl (C=O) groups excluding carboxylic acids is 2. The van der Waals surface area contributed by atoms with Crippen molar-refractivity contribution in [3.8, 4) is 0 Å². The molecule has 2 fully saturated rings. The van der Waals surface area contributed by atoms with Crippen molar-refractivity contribution in [1.29, 1.82) is 0 Å². The Kier molecular flexibility index (Phi) is 1.14. The van der Waals surface area contributed by atoms with E-state index in [-0.39, 0.29) is 23.1 Å². The molecule has 0 aromatic rings. The molecular weight excluding hydrogens is 142 g/mol. The van der Waals surface area contributed by atoms with E-state index < -0.39 is 0 Å². The maximum Gasteiger partial charge on any atom is 0.224 e. The molecule has 0 radical (unpaired) electrons. The third-order valence-electron chi connectivity index (χ3n) is 2.55. The Morgan fingerprint density at radius 2 is 2.27 bits per heavy atom. The van der Waals surface area contributed by atoms with E-state index in [1.54, 1.807) is 0 Å². The highest BCUT2D eigenvalue weighted by atomic mass is 16.2. The van der Waals surface area contributed by atoms with Crippen molar-refractivity contribution in [2.75, 3.05) is 0 Å². The van der Waals surface area contributed by atoms with E-state index >= 15 is 0 Å². The Labute approximate surface area is 65.2 Å². The summed E-state index contributed by atoms with van der Waals surface area (Å²) in [6, 6.07) is 0. The number of hydrogen-bond acceptors (Lipinski definition) is 2. The zero-order valence-electron chi connectivity index (χ0n) is 6.52. The lowest BCUT2D eigenvalue weighted by Crippen LogP contribution is -2.40. The average molecular weight is 153 g/mol. The van der Waals surface area contributed by atoms with Crippen LogP contribution in [0.2, 0.25) is 0 Å². The lowest BCUT2D eigenvalue weighted by atomic mass is 9.81. The number of rotatable bonds is 0. The lowest BCUT2D eigenvalue weighted by Gasteiger charge is -2.25. The van der Waals surface area contributed by atoms with Crippen LogP contribution in [0.3, 0.4) is 0 Å². The van der Waals surface area contributed by atoms with Crippen LogP contribution in [0.4, 0.5) is 0 Å². The Hall–Kier alpha value is -0.860. The van der Waals surface area contributed by atoms with Crippen LogP contribution in [0.15, 0.2) is 0 Å². The van der Waals surface area contributed by atoms with Gasteiger partial charge < -0.3 is 5.32 Å². The number of ketones is 1. The van der Waals surface area contributed by atoms with Gasteiger partial charge in [-0.1, -0.05) is 0 Å². The Balaban J connectivity index is 2.29.